The van der Waals surface area contributed by atoms with E-state index in [4.69, 9.17) is 5.73 Å². The topological polar surface area (TPSA) is 83.7 Å². The molecular formula is C18H23N3O3. The van der Waals surface area contributed by atoms with E-state index in [1.807, 2.05) is 17.0 Å². The van der Waals surface area contributed by atoms with E-state index in [0.717, 1.165) is 18.4 Å². The van der Waals surface area contributed by atoms with Crippen LogP contribution in [0, 0.1) is 5.92 Å². The highest BCUT2D eigenvalue weighted by molar-refractivity contribution is 5.94. The summed E-state index contributed by atoms with van der Waals surface area (Å²) in [5, 5.41) is 0. The summed E-state index contributed by atoms with van der Waals surface area (Å²) in [6, 6.07) is 7.12. The maximum atomic E-state index is 12.7. The first-order valence-corrected chi connectivity index (χ1v) is 8.41. The summed E-state index contributed by atoms with van der Waals surface area (Å²) in [6.45, 7) is 1.33. The SMILES string of the molecule is CN1C[C@@H]2[C@@H](CCCN2C(=O)CCc2ccccc2C(N)=O)C1=O. The molecule has 1 aromatic carbocycles. The van der Waals surface area contributed by atoms with Crippen LogP contribution in [0.3, 0.4) is 0 Å². The number of likely N-dealkylation sites (N-methyl/N-ethyl adjacent to an activating group) is 1. The van der Waals surface area contributed by atoms with Gasteiger partial charge in [0.05, 0.1) is 12.0 Å². The molecule has 128 valence electrons. The highest BCUT2D eigenvalue weighted by Crippen LogP contribution is 2.31. The maximum Gasteiger partial charge on any atom is 0.248 e. The fourth-order valence-corrected chi connectivity index (χ4v) is 3.90. The van der Waals surface area contributed by atoms with Crippen molar-refractivity contribution in [3.8, 4) is 0 Å². The Morgan fingerprint density at radius 2 is 2.04 bits per heavy atom. The summed E-state index contributed by atoms with van der Waals surface area (Å²) in [7, 11) is 1.80. The van der Waals surface area contributed by atoms with Crippen LogP contribution in [-0.2, 0) is 16.0 Å². The van der Waals surface area contributed by atoms with E-state index < -0.39 is 5.91 Å². The number of aryl methyl sites for hydroxylation is 1. The molecule has 2 heterocycles. The van der Waals surface area contributed by atoms with Crippen LogP contribution in [0.15, 0.2) is 24.3 Å². The minimum atomic E-state index is -0.473. The van der Waals surface area contributed by atoms with Crippen molar-refractivity contribution in [3.63, 3.8) is 0 Å². The van der Waals surface area contributed by atoms with Crippen molar-refractivity contribution in [2.24, 2.45) is 11.7 Å². The molecule has 3 amide bonds. The monoisotopic (exact) mass is 329 g/mol. The van der Waals surface area contributed by atoms with Gasteiger partial charge in [-0.25, -0.2) is 0 Å². The van der Waals surface area contributed by atoms with Crippen molar-refractivity contribution >= 4 is 17.7 Å². The molecule has 0 spiro atoms. The minimum Gasteiger partial charge on any atom is -0.366 e. The van der Waals surface area contributed by atoms with E-state index in [9.17, 15) is 14.4 Å². The molecule has 1 aromatic rings. The average molecular weight is 329 g/mol. The molecule has 2 aliphatic rings. The molecule has 2 atom stereocenters. The van der Waals surface area contributed by atoms with Gasteiger partial charge in [0.1, 0.15) is 0 Å². The molecule has 0 unspecified atom stereocenters. The van der Waals surface area contributed by atoms with E-state index in [0.29, 0.717) is 31.5 Å². The lowest BCUT2D eigenvalue weighted by Crippen LogP contribution is -2.48. The summed E-state index contributed by atoms with van der Waals surface area (Å²) < 4.78 is 0. The summed E-state index contributed by atoms with van der Waals surface area (Å²) in [4.78, 5) is 39.9. The van der Waals surface area contributed by atoms with Gasteiger partial charge >= 0.3 is 0 Å². The second kappa shape index (κ2) is 6.63. The van der Waals surface area contributed by atoms with Gasteiger partial charge in [0.2, 0.25) is 17.7 Å². The Hall–Kier alpha value is -2.37. The molecule has 24 heavy (non-hydrogen) atoms. The van der Waals surface area contributed by atoms with E-state index in [1.54, 1.807) is 24.1 Å². The molecule has 6 nitrogen and oxygen atoms in total. The number of nitrogens with zero attached hydrogens (tertiary/aromatic N) is 2. The van der Waals surface area contributed by atoms with E-state index >= 15 is 0 Å². The number of carbonyl (C=O) groups excluding carboxylic acids is 3. The van der Waals surface area contributed by atoms with Gasteiger partial charge < -0.3 is 15.5 Å². The fraction of sp³-hybridized carbons (Fsp3) is 0.500. The average Bonchev–Trinajstić information content (AvgIpc) is 2.87. The fourth-order valence-electron chi connectivity index (χ4n) is 3.90. The van der Waals surface area contributed by atoms with Gasteiger partial charge in [0, 0.05) is 32.1 Å². The lowest BCUT2D eigenvalue weighted by atomic mass is 9.91. The van der Waals surface area contributed by atoms with Crippen molar-refractivity contribution in [1.29, 1.82) is 0 Å². The van der Waals surface area contributed by atoms with Gasteiger partial charge in [-0.3, -0.25) is 14.4 Å². The highest BCUT2D eigenvalue weighted by atomic mass is 16.2. The number of carbonyl (C=O) groups is 3. The summed E-state index contributed by atoms with van der Waals surface area (Å²) in [5.74, 6) is -0.326. The molecule has 0 bridgehead atoms. The number of amides is 3. The Balaban J connectivity index is 1.67. The lowest BCUT2D eigenvalue weighted by Gasteiger charge is -2.36. The van der Waals surface area contributed by atoms with Crippen LogP contribution in [0.4, 0.5) is 0 Å². The van der Waals surface area contributed by atoms with Crippen LogP contribution in [0.5, 0.6) is 0 Å². The number of piperidine rings is 1. The predicted molar refractivity (Wildman–Crippen MR) is 89.1 cm³/mol. The smallest absolute Gasteiger partial charge is 0.248 e. The molecule has 2 saturated heterocycles. The zero-order valence-corrected chi connectivity index (χ0v) is 13.9. The van der Waals surface area contributed by atoms with Crippen molar-refractivity contribution in [1.82, 2.24) is 9.80 Å². The summed E-state index contributed by atoms with van der Waals surface area (Å²) in [6.07, 6.45) is 2.54. The van der Waals surface area contributed by atoms with E-state index in [2.05, 4.69) is 0 Å². The number of fused-ring (bicyclic) bond motifs is 1. The Bertz CT molecular complexity index is 673. The number of nitrogens with two attached hydrogens (primary N) is 1. The third-order valence-corrected chi connectivity index (χ3v) is 5.14. The molecule has 2 N–H and O–H groups in total. The van der Waals surface area contributed by atoms with Crippen molar-refractivity contribution in [2.75, 3.05) is 20.1 Å². The van der Waals surface area contributed by atoms with Gasteiger partial charge in [-0.2, -0.15) is 0 Å². The van der Waals surface area contributed by atoms with Crippen LogP contribution in [0.2, 0.25) is 0 Å². The van der Waals surface area contributed by atoms with Crippen molar-refractivity contribution < 1.29 is 14.4 Å². The largest absolute Gasteiger partial charge is 0.366 e. The zero-order chi connectivity index (χ0) is 17.3. The predicted octanol–water partition coefficient (Wildman–Crippen LogP) is 0.797. The standard InChI is InChI=1S/C18H23N3O3/c1-20-11-15-14(18(20)24)7-4-10-21(15)16(22)9-8-12-5-2-3-6-13(12)17(19)23/h2-3,5-6,14-15H,4,7-11H2,1H3,(H2,19,23)/t14-,15-/m1/s1. The Morgan fingerprint density at radius 3 is 2.79 bits per heavy atom. The number of benzene rings is 1. The molecule has 3 rings (SSSR count). The van der Waals surface area contributed by atoms with Crippen LogP contribution < -0.4 is 5.73 Å². The van der Waals surface area contributed by atoms with Crippen LogP contribution in [0.1, 0.15) is 35.2 Å². The van der Waals surface area contributed by atoms with Crippen LogP contribution >= 0.6 is 0 Å². The molecule has 2 fully saturated rings. The maximum absolute atomic E-state index is 12.7. The third kappa shape index (κ3) is 3.00. The van der Waals surface area contributed by atoms with Gasteiger partial charge in [-0.05, 0) is 30.9 Å². The molecule has 0 radical (unpaired) electrons. The minimum absolute atomic E-state index is 0.00451. The van der Waals surface area contributed by atoms with Crippen LogP contribution in [0.25, 0.3) is 0 Å². The normalized spacial score (nSPS) is 23.3. The lowest BCUT2D eigenvalue weighted by molar-refractivity contribution is -0.137. The highest BCUT2D eigenvalue weighted by Gasteiger charge is 2.44. The molecule has 0 aromatic heterocycles. The first kappa shape index (κ1) is 16.5. The molecule has 0 aliphatic carbocycles. The first-order valence-electron chi connectivity index (χ1n) is 8.41. The quantitative estimate of drug-likeness (QED) is 0.887. The summed E-state index contributed by atoms with van der Waals surface area (Å²) in [5.41, 5.74) is 6.65. The van der Waals surface area contributed by atoms with Gasteiger partial charge in [0.25, 0.3) is 0 Å². The van der Waals surface area contributed by atoms with Crippen molar-refractivity contribution in [2.45, 2.75) is 31.7 Å². The zero-order valence-electron chi connectivity index (χ0n) is 13.9. The molecule has 6 heteroatoms. The number of primary amides is 1. The number of likely N-dealkylation sites (tertiary alicyclic amines) is 2. The second-order valence-corrected chi connectivity index (χ2v) is 6.64. The number of hydrogen-bond donors (Lipinski definition) is 1. The molecule has 0 saturated carbocycles. The van der Waals surface area contributed by atoms with Crippen molar-refractivity contribution in [3.05, 3.63) is 35.4 Å². The van der Waals surface area contributed by atoms with E-state index in [-0.39, 0.29) is 23.8 Å². The Labute approximate surface area is 141 Å². The molecule has 2 aliphatic heterocycles. The second-order valence-electron chi connectivity index (χ2n) is 6.64. The Kier molecular flexibility index (Phi) is 4.55. The van der Waals surface area contributed by atoms with E-state index in [1.165, 1.54) is 0 Å². The van der Waals surface area contributed by atoms with Gasteiger partial charge in [-0.1, -0.05) is 18.2 Å². The molecular weight excluding hydrogens is 306 g/mol. The van der Waals surface area contributed by atoms with Gasteiger partial charge in [0.15, 0.2) is 0 Å². The number of rotatable bonds is 4. The number of hydrogen-bond acceptors (Lipinski definition) is 3. The Morgan fingerprint density at radius 1 is 1.29 bits per heavy atom. The van der Waals surface area contributed by atoms with Crippen LogP contribution in [-0.4, -0.2) is 53.7 Å². The van der Waals surface area contributed by atoms with Gasteiger partial charge in [-0.15, -0.1) is 0 Å². The third-order valence-electron chi connectivity index (χ3n) is 5.14. The first-order chi connectivity index (χ1) is 11.5. The summed E-state index contributed by atoms with van der Waals surface area (Å²) >= 11 is 0.